The lowest BCUT2D eigenvalue weighted by Gasteiger charge is -2.17. The van der Waals surface area contributed by atoms with Crippen molar-refractivity contribution in [3.8, 4) is 0 Å². The SMILES string of the molecule is CC(C)(C)CC(=O)NCCOCCC(=O)NCC1NC(C)(C)OC1=O. The maximum Gasteiger partial charge on any atom is 0.326 e. The molecule has 2 amide bonds. The molecule has 0 saturated carbocycles. The van der Waals surface area contributed by atoms with Crippen LogP contribution in [0.4, 0.5) is 0 Å². The zero-order valence-corrected chi connectivity index (χ0v) is 15.9. The molecule has 0 aromatic carbocycles. The standard InChI is InChI=1S/C17H31N3O5/c1-16(2,3)10-14(22)18-7-9-24-8-6-13(21)19-11-12-15(23)25-17(4,5)20-12/h12,20H,6-11H2,1-5H3,(H,18,22)(H,19,21). The van der Waals surface area contributed by atoms with Crippen LogP contribution >= 0.6 is 0 Å². The normalized spacial score (nSPS) is 19.4. The van der Waals surface area contributed by atoms with Crippen molar-refractivity contribution >= 4 is 17.8 Å². The summed E-state index contributed by atoms with van der Waals surface area (Å²) >= 11 is 0. The number of carbonyl (C=O) groups is 3. The second-order valence-corrected chi connectivity index (χ2v) is 7.88. The molecule has 1 atom stereocenters. The average molecular weight is 357 g/mol. The molecule has 0 radical (unpaired) electrons. The Morgan fingerprint density at radius 3 is 2.44 bits per heavy atom. The van der Waals surface area contributed by atoms with Crippen LogP contribution in [-0.2, 0) is 23.9 Å². The minimum atomic E-state index is -0.701. The van der Waals surface area contributed by atoms with Crippen molar-refractivity contribution in [1.82, 2.24) is 16.0 Å². The lowest BCUT2D eigenvalue weighted by molar-refractivity contribution is -0.147. The Labute approximate surface area is 149 Å². The number of carbonyl (C=O) groups excluding carboxylic acids is 3. The van der Waals surface area contributed by atoms with Crippen molar-refractivity contribution in [3.05, 3.63) is 0 Å². The molecule has 0 aromatic heterocycles. The van der Waals surface area contributed by atoms with Crippen molar-refractivity contribution in [2.75, 3.05) is 26.3 Å². The summed E-state index contributed by atoms with van der Waals surface area (Å²) in [6, 6.07) is -0.530. The average Bonchev–Trinajstić information content (AvgIpc) is 2.71. The van der Waals surface area contributed by atoms with E-state index in [0.29, 0.717) is 19.6 Å². The van der Waals surface area contributed by atoms with E-state index in [-0.39, 0.29) is 42.8 Å². The van der Waals surface area contributed by atoms with Crippen molar-refractivity contribution in [2.24, 2.45) is 5.41 Å². The van der Waals surface area contributed by atoms with Gasteiger partial charge in [-0.25, -0.2) is 0 Å². The van der Waals surface area contributed by atoms with Crippen LogP contribution in [0.3, 0.4) is 0 Å². The van der Waals surface area contributed by atoms with Crippen molar-refractivity contribution < 1.29 is 23.9 Å². The second kappa shape index (κ2) is 9.15. The van der Waals surface area contributed by atoms with Gasteiger partial charge in [-0.2, -0.15) is 0 Å². The van der Waals surface area contributed by atoms with Crippen LogP contribution in [0.5, 0.6) is 0 Å². The Kier molecular flexibility index (Phi) is 7.82. The van der Waals surface area contributed by atoms with Gasteiger partial charge in [0.1, 0.15) is 6.04 Å². The van der Waals surface area contributed by atoms with E-state index in [9.17, 15) is 14.4 Å². The van der Waals surface area contributed by atoms with Gasteiger partial charge in [-0.15, -0.1) is 0 Å². The molecule has 3 N–H and O–H groups in total. The van der Waals surface area contributed by atoms with Crippen molar-refractivity contribution in [3.63, 3.8) is 0 Å². The fraction of sp³-hybridized carbons (Fsp3) is 0.824. The van der Waals surface area contributed by atoms with E-state index in [1.807, 2.05) is 20.8 Å². The number of hydrogen-bond acceptors (Lipinski definition) is 6. The molecule has 0 bridgehead atoms. The fourth-order valence-electron chi connectivity index (χ4n) is 2.34. The first-order chi connectivity index (χ1) is 11.5. The van der Waals surface area contributed by atoms with Crippen LogP contribution in [0.25, 0.3) is 0 Å². The maximum atomic E-state index is 11.7. The van der Waals surface area contributed by atoms with Crippen molar-refractivity contribution in [1.29, 1.82) is 0 Å². The number of amides is 2. The van der Waals surface area contributed by atoms with Gasteiger partial charge in [-0.05, 0) is 19.3 Å². The van der Waals surface area contributed by atoms with Crippen LogP contribution in [-0.4, -0.2) is 55.9 Å². The third-order valence-corrected chi connectivity index (χ3v) is 3.40. The Morgan fingerprint density at radius 1 is 1.20 bits per heavy atom. The second-order valence-electron chi connectivity index (χ2n) is 7.88. The first kappa shape index (κ1) is 21.4. The first-order valence-electron chi connectivity index (χ1n) is 8.60. The molecule has 1 aliphatic rings. The zero-order valence-electron chi connectivity index (χ0n) is 15.9. The Balaban J connectivity index is 2.04. The van der Waals surface area contributed by atoms with Gasteiger partial charge in [-0.1, -0.05) is 20.8 Å². The van der Waals surface area contributed by atoms with Gasteiger partial charge in [0.05, 0.1) is 13.2 Å². The maximum absolute atomic E-state index is 11.7. The molecule has 1 unspecified atom stereocenters. The van der Waals surface area contributed by atoms with Crippen LogP contribution in [0.15, 0.2) is 0 Å². The minimum Gasteiger partial charge on any atom is -0.443 e. The third kappa shape index (κ3) is 9.40. The molecule has 8 heteroatoms. The highest BCUT2D eigenvalue weighted by molar-refractivity contribution is 5.81. The molecular weight excluding hydrogens is 326 g/mol. The van der Waals surface area contributed by atoms with Crippen molar-refractivity contribution in [2.45, 2.75) is 59.2 Å². The molecule has 8 nitrogen and oxygen atoms in total. The number of esters is 1. The summed E-state index contributed by atoms with van der Waals surface area (Å²) in [5, 5.41) is 8.44. The molecule has 0 aromatic rings. The fourth-order valence-corrected chi connectivity index (χ4v) is 2.34. The van der Waals surface area contributed by atoms with E-state index < -0.39 is 11.8 Å². The highest BCUT2D eigenvalue weighted by atomic mass is 16.6. The number of hydrogen-bond donors (Lipinski definition) is 3. The Bertz CT molecular complexity index is 485. The van der Waals surface area contributed by atoms with Gasteiger partial charge in [0.15, 0.2) is 5.72 Å². The van der Waals surface area contributed by atoms with E-state index in [2.05, 4.69) is 16.0 Å². The van der Waals surface area contributed by atoms with Gasteiger partial charge < -0.3 is 20.1 Å². The lowest BCUT2D eigenvalue weighted by Crippen LogP contribution is -2.45. The largest absolute Gasteiger partial charge is 0.443 e. The molecule has 1 fully saturated rings. The van der Waals surface area contributed by atoms with Gasteiger partial charge in [0, 0.05) is 25.9 Å². The predicted molar refractivity (Wildman–Crippen MR) is 92.6 cm³/mol. The van der Waals surface area contributed by atoms with Crippen LogP contribution in [0.1, 0.15) is 47.5 Å². The molecule has 25 heavy (non-hydrogen) atoms. The molecule has 1 aliphatic heterocycles. The monoisotopic (exact) mass is 357 g/mol. The lowest BCUT2D eigenvalue weighted by atomic mass is 9.92. The highest BCUT2D eigenvalue weighted by Crippen LogP contribution is 2.17. The third-order valence-electron chi connectivity index (χ3n) is 3.40. The highest BCUT2D eigenvalue weighted by Gasteiger charge is 2.38. The van der Waals surface area contributed by atoms with Gasteiger partial charge in [-0.3, -0.25) is 19.7 Å². The molecule has 1 heterocycles. The van der Waals surface area contributed by atoms with E-state index in [1.165, 1.54) is 0 Å². The van der Waals surface area contributed by atoms with Gasteiger partial charge in [0.2, 0.25) is 11.8 Å². The topological polar surface area (TPSA) is 106 Å². The summed E-state index contributed by atoms with van der Waals surface area (Å²) in [6.07, 6.45) is 0.658. The first-order valence-corrected chi connectivity index (χ1v) is 8.60. The predicted octanol–water partition coefficient (Wildman–Crippen LogP) is 0.313. The quantitative estimate of drug-likeness (QED) is 0.405. The number of ether oxygens (including phenoxy) is 2. The van der Waals surface area contributed by atoms with E-state index in [4.69, 9.17) is 9.47 Å². The van der Waals surface area contributed by atoms with E-state index in [1.54, 1.807) is 13.8 Å². The molecule has 0 spiro atoms. The molecule has 1 saturated heterocycles. The van der Waals surface area contributed by atoms with E-state index in [0.717, 1.165) is 0 Å². The Hall–Kier alpha value is -1.67. The number of rotatable bonds is 9. The summed E-state index contributed by atoms with van der Waals surface area (Å²) in [5.74, 6) is -0.573. The minimum absolute atomic E-state index is 0.00674. The Morgan fingerprint density at radius 2 is 1.88 bits per heavy atom. The summed E-state index contributed by atoms with van der Waals surface area (Å²) in [7, 11) is 0. The molecule has 1 rings (SSSR count). The number of nitrogens with one attached hydrogen (secondary N) is 3. The molecule has 144 valence electrons. The van der Waals surface area contributed by atoms with Crippen LogP contribution in [0.2, 0.25) is 0 Å². The van der Waals surface area contributed by atoms with Gasteiger partial charge in [0.25, 0.3) is 0 Å². The summed E-state index contributed by atoms with van der Waals surface area (Å²) in [6.45, 7) is 10.7. The molecule has 0 aliphatic carbocycles. The van der Waals surface area contributed by atoms with Gasteiger partial charge >= 0.3 is 5.97 Å². The molecular formula is C17H31N3O5. The van der Waals surface area contributed by atoms with Crippen LogP contribution < -0.4 is 16.0 Å². The summed E-state index contributed by atoms with van der Waals surface area (Å²) in [4.78, 5) is 34.9. The smallest absolute Gasteiger partial charge is 0.326 e. The summed E-state index contributed by atoms with van der Waals surface area (Å²) in [5.41, 5.74) is -0.744. The van der Waals surface area contributed by atoms with Crippen LogP contribution in [0, 0.1) is 5.41 Å². The number of cyclic esters (lactones) is 1. The van der Waals surface area contributed by atoms with E-state index >= 15 is 0 Å². The zero-order chi connectivity index (χ0) is 19.1. The summed E-state index contributed by atoms with van der Waals surface area (Å²) < 4.78 is 10.4.